The maximum absolute atomic E-state index is 12.9. The molecule has 5 nitrogen and oxygen atoms in total. The molecule has 0 saturated carbocycles. The minimum Gasteiger partial charge on any atom is -0.499 e. The van der Waals surface area contributed by atoms with Gasteiger partial charge in [-0.05, 0) is 30.3 Å². The Balaban J connectivity index is 1.97. The fraction of sp³-hybridized carbons (Fsp3) is 0.250. The fourth-order valence-electron chi connectivity index (χ4n) is 2.26. The van der Waals surface area contributed by atoms with Gasteiger partial charge in [-0.3, -0.25) is 0 Å². The average Bonchev–Trinajstić information content (AvgIpc) is 2.67. The molecule has 0 heterocycles. The Bertz CT molecular complexity index is 793. The van der Waals surface area contributed by atoms with Crippen LogP contribution in [-0.4, -0.2) is 32.4 Å². The highest BCUT2D eigenvalue weighted by atomic mass is 19.4. The number of alkyl halides is 3. The normalized spacial score (nSPS) is 11.0. The minimum absolute atomic E-state index is 0.0326. The van der Waals surface area contributed by atoms with Crippen molar-refractivity contribution in [3.63, 3.8) is 0 Å². The summed E-state index contributed by atoms with van der Waals surface area (Å²) in [6, 6.07) is 11.1. The van der Waals surface area contributed by atoms with Crippen molar-refractivity contribution in [2.75, 3.05) is 31.7 Å². The number of hydrogen-bond acceptors (Lipinski definition) is 5. The smallest absolute Gasteiger partial charge is 0.416 e. The summed E-state index contributed by atoms with van der Waals surface area (Å²) in [6.07, 6.45) is -3.15. The summed E-state index contributed by atoms with van der Waals surface area (Å²) in [5, 5.41) is 2.83. The van der Waals surface area contributed by atoms with E-state index in [0.717, 1.165) is 12.1 Å². The molecular formula is C20H20F3NO4. The van der Waals surface area contributed by atoms with Crippen LogP contribution in [0.3, 0.4) is 0 Å². The van der Waals surface area contributed by atoms with Crippen molar-refractivity contribution in [1.29, 1.82) is 0 Å². The van der Waals surface area contributed by atoms with E-state index in [0.29, 0.717) is 18.9 Å². The first-order valence-electron chi connectivity index (χ1n) is 8.42. The molecular weight excluding hydrogens is 375 g/mol. The lowest BCUT2D eigenvalue weighted by atomic mass is 10.1. The Morgan fingerprint density at radius 2 is 1.79 bits per heavy atom. The van der Waals surface area contributed by atoms with E-state index in [1.807, 2.05) is 0 Å². The van der Waals surface area contributed by atoms with Gasteiger partial charge in [-0.15, -0.1) is 0 Å². The maximum Gasteiger partial charge on any atom is 0.416 e. The Morgan fingerprint density at radius 1 is 1.04 bits per heavy atom. The second-order valence-electron chi connectivity index (χ2n) is 5.53. The third-order valence-corrected chi connectivity index (χ3v) is 3.54. The van der Waals surface area contributed by atoms with Crippen molar-refractivity contribution < 1.29 is 32.2 Å². The second-order valence-corrected chi connectivity index (χ2v) is 5.53. The predicted octanol–water partition coefficient (Wildman–Crippen LogP) is 4.78. The molecule has 0 radical (unpaired) electrons. The number of rotatable bonds is 10. The number of halogens is 3. The minimum atomic E-state index is -4.45. The fourth-order valence-corrected chi connectivity index (χ4v) is 2.26. The summed E-state index contributed by atoms with van der Waals surface area (Å²) >= 11 is 0. The number of carbonyl (C=O) groups is 1. The van der Waals surface area contributed by atoms with E-state index >= 15 is 0 Å². The SMILES string of the molecule is C=COCCOCCOC(=O)c1ccccc1Nc1cccc(C(F)(F)F)c1. The number of benzene rings is 2. The number of nitrogens with one attached hydrogen (secondary N) is 1. The quantitative estimate of drug-likeness (QED) is 0.356. The molecule has 0 unspecified atom stereocenters. The number of para-hydroxylation sites is 1. The second kappa shape index (κ2) is 10.4. The molecule has 1 N–H and O–H groups in total. The largest absolute Gasteiger partial charge is 0.499 e. The molecule has 0 saturated heterocycles. The van der Waals surface area contributed by atoms with Gasteiger partial charge in [0.05, 0.1) is 36.3 Å². The molecule has 2 aromatic carbocycles. The van der Waals surface area contributed by atoms with Crippen LogP contribution in [-0.2, 0) is 20.4 Å². The zero-order chi connectivity index (χ0) is 20.4. The first-order valence-corrected chi connectivity index (χ1v) is 8.42. The van der Waals surface area contributed by atoms with Gasteiger partial charge in [-0.25, -0.2) is 4.79 Å². The van der Waals surface area contributed by atoms with E-state index in [-0.39, 0.29) is 24.5 Å². The molecule has 0 aliphatic carbocycles. The van der Waals surface area contributed by atoms with Gasteiger partial charge in [0.1, 0.15) is 13.2 Å². The maximum atomic E-state index is 12.9. The van der Waals surface area contributed by atoms with Crippen molar-refractivity contribution in [1.82, 2.24) is 0 Å². The Kier molecular flexibility index (Phi) is 7.88. The Morgan fingerprint density at radius 3 is 2.54 bits per heavy atom. The van der Waals surface area contributed by atoms with E-state index in [2.05, 4.69) is 11.9 Å². The summed E-state index contributed by atoms with van der Waals surface area (Å²) < 4.78 is 53.8. The molecule has 0 spiro atoms. The summed E-state index contributed by atoms with van der Waals surface area (Å²) in [5.41, 5.74) is -0.0298. The van der Waals surface area contributed by atoms with Gasteiger partial charge >= 0.3 is 12.1 Å². The van der Waals surface area contributed by atoms with Crippen molar-refractivity contribution in [3.8, 4) is 0 Å². The van der Waals surface area contributed by atoms with E-state index in [1.54, 1.807) is 18.2 Å². The van der Waals surface area contributed by atoms with Crippen LogP contribution in [0.15, 0.2) is 61.4 Å². The molecule has 2 rings (SSSR count). The average molecular weight is 395 g/mol. The van der Waals surface area contributed by atoms with Crippen molar-refractivity contribution in [2.24, 2.45) is 0 Å². The van der Waals surface area contributed by atoms with E-state index < -0.39 is 17.7 Å². The molecule has 0 atom stereocenters. The number of carbonyl (C=O) groups excluding carboxylic acids is 1. The van der Waals surface area contributed by atoms with Crippen LogP contribution in [0, 0.1) is 0 Å². The van der Waals surface area contributed by atoms with Crippen LogP contribution in [0.5, 0.6) is 0 Å². The first kappa shape index (κ1) is 21.3. The van der Waals surface area contributed by atoms with Crippen LogP contribution in [0.1, 0.15) is 15.9 Å². The highest BCUT2D eigenvalue weighted by Gasteiger charge is 2.30. The number of esters is 1. The van der Waals surface area contributed by atoms with Gasteiger partial charge in [-0.2, -0.15) is 13.2 Å². The van der Waals surface area contributed by atoms with Gasteiger partial charge in [0.15, 0.2) is 0 Å². The van der Waals surface area contributed by atoms with E-state index in [9.17, 15) is 18.0 Å². The van der Waals surface area contributed by atoms with Crippen LogP contribution >= 0.6 is 0 Å². The van der Waals surface area contributed by atoms with Crippen molar-refractivity contribution >= 4 is 17.3 Å². The summed E-state index contributed by atoms with van der Waals surface area (Å²) in [4.78, 5) is 12.3. The van der Waals surface area contributed by atoms with Gasteiger partial charge in [0, 0.05) is 5.69 Å². The third kappa shape index (κ3) is 6.62. The van der Waals surface area contributed by atoms with Gasteiger partial charge in [0.25, 0.3) is 0 Å². The molecule has 0 aromatic heterocycles. The van der Waals surface area contributed by atoms with Crippen LogP contribution < -0.4 is 5.32 Å². The molecule has 0 aliphatic heterocycles. The Hall–Kier alpha value is -3.00. The standard InChI is InChI=1S/C20H20F3NO4/c1-2-26-10-11-27-12-13-28-19(25)17-8-3-4-9-18(17)24-16-7-5-6-15(14-16)20(21,22)23/h2-9,14,24H,1,10-13H2. The zero-order valence-corrected chi connectivity index (χ0v) is 15.0. The van der Waals surface area contributed by atoms with Gasteiger partial charge < -0.3 is 19.5 Å². The lowest BCUT2D eigenvalue weighted by Crippen LogP contribution is -2.13. The van der Waals surface area contributed by atoms with Crippen molar-refractivity contribution in [3.05, 3.63) is 72.5 Å². The summed E-state index contributed by atoms with van der Waals surface area (Å²) in [7, 11) is 0. The lowest BCUT2D eigenvalue weighted by Gasteiger charge is -2.13. The zero-order valence-electron chi connectivity index (χ0n) is 15.0. The van der Waals surface area contributed by atoms with E-state index in [4.69, 9.17) is 14.2 Å². The molecule has 150 valence electrons. The molecule has 0 amide bonds. The summed E-state index contributed by atoms with van der Waals surface area (Å²) in [6.45, 7) is 4.30. The highest BCUT2D eigenvalue weighted by Crippen LogP contribution is 2.31. The molecule has 0 aliphatic rings. The third-order valence-electron chi connectivity index (χ3n) is 3.54. The van der Waals surface area contributed by atoms with Crippen LogP contribution in [0.4, 0.5) is 24.5 Å². The number of anilines is 2. The van der Waals surface area contributed by atoms with Gasteiger partial charge in [-0.1, -0.05) is 24.8 Å². The summed E-state index contributed by atoms with van der Waals surface area (Å²) in [5.74, 6) is -0.610. The molecule has 0 bridgehead atoms. The topological polar surface area (TPSA) is 56.8 Å². The van der Waals surface area contributed by atoms with E-state index in [1.165, 1.54) is 24.5 Å². The Labute approximate surface area is 160 Å². The predicted molar refractivity (Wildman–Crippen MR) is 98.4 cm³/mol. The van der Waals surface area contributed by atoms with Gasteiger partial charge in [0.2, 0.25) is 0 Å². The van der Waals surface area contributed by atoms with Crippen LogP contribution in [0.2, 0.25) is 0 Å². The molecule has 8 heteroatoms. The van der Waals surface area contributed by atoms with Crippen molar-refractivity contribution in [2.45, 2.75) is 6.18 Å². The molecule has 0 fully saturated rings. The van der Waals surface area contributed by atoms with Crippen LogP contribution in [0.25, 0.3) is 0 Å². The highest BCUT2D eigenvalue weighted by molar-refractivity contribution is 5.96. The molecule has 28 heavy (non-hydrogen) atoms. The monoisotopic (exact) mass is 395 g/mol. The molecule has 2 aromatic rings. The lowest BCUT2D eigenvalue weighted by molar-refractivity contribution is -0.137. The number of ether oxygens (including phenoxy) is 3. The number of hydrogen-bond donors (Lipinski definition) is 1. The first-order chi connectivity index (χ1) is 13.4.